The number of benzene rings is 2. The van der Waals surface area contributed by atoms with Crippen LogP contribution in [0.15, 0.2) is 36.4 Å². The van der Waals surface area contributed by atoms with Crippen LogP contribution in [-0.2, 0) is 17.8 Å². The van der Waals surface area contributed by atoms with Crippen LogP contribution in [0.5, 0.6) is 11.5 Å². The van der Waals surface area contributed by atoms with Crippen molar-refractivity contribution in [3.8, 4) is 11.5 Å². The van der Waals surface area contributed by atoms with E-state index in [9.17, 15) is 9.18 Å². The van der Waals surface area contributed by atoms with Crippen molar-refractivity contribution in [2.24, 2.45) is 0 Å². The summed E-state index contributed by atoms with van der Waals surface area (Å²) in [6, 6.07) is 9.91. The van der Waals surface area contributed by atoms with Gasteiger partial charge in [0, 0.05) is 23.2 Å². The van der Waals surface area contributed by atoms with Gasteiger partial charge in [0.15, 0.2) is 18.1 Å². The predicted molar refractivity (Wildman–Crippen MR) is 113 cm³/mol. The molecule has 0 aliphatic carbocycles. The quantitative estimate of drug-likeness (QED) is 0.597. The normalized spacial score (nSPS) is 11.2. The molecular formula is C22H28ClFN2O3. The SMILES string of the molecule is COc1cc(CNCCc2ccc(F)cc2)c(Cl)cc1OCC(=O)NC(C)(C)C. The van der Waals surface area contributed by atoms with Gasteiger partial charge in [-0.05, 0) is 63.1 Å². The second-order valence-corrected chi connectivity index (χ2v) is 8.14. The lowest BCUT2D eigenvalue weighted by Crippen LogP contribution is -2.43. The molecule has 0 aliphatic rings. The van der Waals surface area contributed by atoms with E-state index in [1.54, 1.807) is 24.3 Å². The molecule has 2 rings (SSSR count). The molecular weight excluding hydrogens is 395 g/mol. The topological polar surface area (TPSA) is 59.6 Å². The molecule has 1 amide bonds. The highest BCUT2D eigenvalue weighted by Gasteiger charge is 2.16. The number of hydrogen-bond donors (Lipinski definition) is 2. The molecule has 2 aromatic carbocycles. The Bertz CT molecular complexity index is 820. The van der Waals surface area contributed by atoms with Crippen LogP contribution >= 0.6 is 11.6 Å². The minimum atomic E-state index is -0.328. The van der Waals surface area contributed by atoms with Gasteiger partial charge < -0.3 is 20.1 Å². The van der Waals surface area contributed by atoms with Gasteiger partial charge >= 0.3 is 0 Å². The van der Waals surface area contributed by atoms with Gasteiger partial charge in [0.25, 0.3) is 5.91 Å². The fraction of sp³-hybridized carbons (Fsp3) is 0.409. The third-order valence-electron chi connectivity index (χ3n) is 4.03. The summed E-state index contributed by atoms with van der Waals surface area (Å²) in [5, 5.41) is 6.67. The Hall–Kier alpha value is -2.31. The zero-order valence-electron chi connectivity index (χ0n) is 17.3. The number of nitrogens with one attached hydrogen (secondary N) is 2. The largest absolute Gasteiger partial charge is 0.493 e. The number of ether oxygens (including phenoxy) is 2. The predicted octanol–water partition coefficient (Wildman–Crippen LogP) is 4.11. The van der Waals surface area contributed by atoms with Crippen molar-refractivity contribution in [2.45, 2.75) is 39.3 Å². The molecule has 0 bridgehead atoms. The summed E-state index contributed by atoms with van der Waals surface area (Å²) >= 11 is 6.38. The van der Waals surface area contributed by atoms with Gasteiger partial charge in [-0.1, -0.05) is 23.7 Å². The fourth-order valence-corrected chi connectivity index (χ4v) is 2.91. The van der Waals surface area contributed by atoms with Crippen LogP contribution in [0.2, 0.25) is 5.02 Å². The fourth-order valence-electron chi connectivity index (χ4n) is 2.69. The zero-order valence-corrected chi connectivity index (χ0v) is 18.0. The molecule has 0 atom stereocenters. The highest BCUT2D eigenvalue weighted by molar-refractivity contribution is 6.31. The minimum Gasteiger partial charge on any atom is -0.493 e. The first-order valence-electron chi connectivity index (χ1n) is 9.43. The van der Waals surface area contributed by atoms with Crippen molar-refractivity contribution in [3.05, 3.63) is 58.4 Å². The van der Waals surface area contributed by atoms with Gasteiger partial charge in [-0.25, -0.2) is 4.39 Å². The molecule has 0 radical (unpaired) electrons. The van der Waals surface area contributed by atoms with Crippen molar-refractivity contribution < 1.29 is 18.7 Å². The van der Waals surface area contributed by atoms with Gasteiger partial charge in [0.1, 0.15) is 5.82 Å². The van der Waals surface area contributed by atoms with E-state index in [1.807, 2.05) is 20.8 Å². The molecule has 0 unspecified atom stereocenters. The lowest BCUT2D eigenvalue weighted by molar-refractivity contribution is -0.124. The van der Waals surface area contributed by atoms with Crippen molar-refractivity contribution in [3.63, 3.8) is 0 Å². The molecule has 5 nitrogen and oxygen atoms in total. The Labute approximate surface area is 176 Å². The van der Waals surface area contributed by atoms with Gasteiger partial charge in [0.05, 0.1) is 7.11 Å². The maximum atomic E-state index is 12.9. The van der Waals surface area contributed by atoms with Crippen LogP contribution in [0.1, 0.15) is 31.9 Å². The highest BCUT2D eigenvalue weighted by atomic mass is 35.5. The number of amides is 1. The van der Waals surface area contributed by atoms with Crippen LogP contribution in [0.4, 0.5) is 4.39 Å². The summed E-state index contributed by atoms with van der Waals surface area (Å²) in [4.78, 5) is 12.0. The molecule has 0 fully saturated rings. The first-order valence-corrected chi connectivity index (χ1v) is 9.81. The van der Waals surface area contributed by atoms with E-state index in [0.717, 1.165) is 24.1 Å². The molecule has 0 saturated carbocycles. The summed E-state index contributed by atoms with van der Waals surface area (Å²) in [6.07, 6.45) is 0.777. The van der Waals surface area contributed by atoms with Gasteiger partial charge in [0.2, 0.25) is 0 Å². The summed E-state index contributed by atoms with van der Waals surface area (Å²) < 4.78 is 23.9. The van der Waals surface area contributed by atoms with Gasteiger partial charge in [-0.2, -0.15) is 0 Å². The monoisotopic (exact) mass is 422 g/mol. The number of halogens is 2. The third kappa shape index (κ3) is 7.91. The third-order valence-corrected chi connectivity index (χ3v) is 4.38. The molecule has 0 aliphatic heterocycles. The lowest BCUT2D eigenvalue weighted by atomic mass is 10.1. The van der Waals surface area contributed by atoms with Crippen LogP contribution in [0, 0.1) is 5.82 Å². The van der Waals surface area contributed by atoms with Crippen LogP contribution in [0.25, 0.3) is 0 Å². The van der Waals surface area contributed by atoms with E-state index >= 15 is 0 Å². The van der Waals surface area contributed by atoms with E-state index in [1.165, 1.54) is 19.2 Å². The van der Waals surface area contributed by atoms with E-state index in [2.05, 4.69) is 10.6 Å². The van der Waals surface area contributed by atoms with Crippen LogP contribution < -0.4 is 20.1 Å². The Kier molecular flexibility index (Phi) is 8.29. The average molecular weight is 423 g/mol. The highest BCUT2D eigenvalue weighted by Crippen LogP contribution is 2.33. The zero-order chi connectivity index (χ0) is 21.4. The Morgan fingerprint density at radius 2 is 1.83 bits per heavy atom. The number of hydrogen-bond acceptors (Lipinski definition) is 4. The Balaban J connectivity index is 1.91. The second-order valence-electron chi connectivity index (χ2n) is 7.73. The molecule has 0 heterocycles. The number of methoxy groups -OCH3 is 1. The smallest absolute Gasteiger partial charge is 0.258 e. The molecule has 0 saturated heterocycles. The van der Waals surface area contributed by atoms with Crippen LogP contribution in [-0.4, -0.2) is 31.7 Å². The van der Waals surface area contributed by atoms with E-state index in [4.69, 9.17) is 21.1 Å². The summed E-state index contributed by atoms with van der Waals surface area (Å²) in [6.45, 7) is 6.84. The molecule has 158 valence electrons. The lowest BCUT2D eigenvalue weighted by Gasteiger charge is -2.21. The Morgan fingerprint density at radius 3 is 2.45 bits per heavy atom. The molecule has 0 spiro atoms. The maximum Gasteiger partial charge on any atom is 0.258 e. The van der Waals surface area contributed by atoms with E-state index < -0.39 is 0 Å². The van der Waals surface area contributed by atoms with Crippen LogP contribution in [0.3, 0.4) is 0 Å². The summed E-state index contributed by atoms with van der Waals surface area (Å²) in [7, 11) is 1.54. The van der Waals surface area contributed by atoms with Gasteiger partial charge in [-0.15, -0.1) is 0 Å². The minimum absolute atomic E-state index is 0.126. The molecule has 7 heteroatoms. The van der Waals surface area contributed by atoms with Crippen molar-refractivity contribution in [1.29, 1.82) is 0 Å². The van der Waals surface area contributed by atoms with E-state index in [0.29, 0.717) is 23.1 Å². The number of carbonyl (C=O) groups is 1. The van der Waals surface area contributed by atoms with E-state index in [-0.39, 0.29) is 23.9 Å². The second kappa shape index (κ2) is 10.5. The van der Waals surface area contributed by atoms with Gasteiger partial charge in [-0.3, -0.25) is 4.79 Å². The summed E-state index contributed by atoms with van der Waals surface area (Å²) in [5.41, 5.74) is 1.58. The molecule has 2 N–H and O–H groups in total. The Morgan fingerprint density at radius 1 is 1.14 bits per heavy atom. The summed E-state index contributed by atoms with van der Waals surface area (Å²) in [5.74, 6) is 0.464. The number of carbonyl (C=O) groups excluding carboxylic acids is 1. The molecule has 2 aromatic rings. The molecule has 0 aromatic heterocycles. The average Bonchev–Trinajstić information content (AvgIpc) is 2.64. The standard InChI is InChI=1S/C22H28ClFN2O3/c1-22(2,3)26-21(27)14-29-20-12-18(23)16(11-19(20)28-4)13-25-10-9-15-5-7-17(24)8-6-15/h5-8,11-12,25H,9-10,13-14H2,1-4H3,(H,26,27). The maximum absolute atomic E-state index is 12.9. The first-order chi connectivity index (χ1) is 13.7. The van der Waals surface area contributed by atoms with Crippen molar-refractivity contribution >= 4 is 17.5 Å². The number of rotatable bonds is 9. The molecule has 29 heavy (non-hydrogen) atoms. The van der Waals surface area contributed by atoms with Crippen molar-refractivity contribution in [1.82, 2.24) is 10.6 Å². The first kappa shape index (κ1) is 23.0. The van der Waals surface area contributed by atoms with Crippen molar-refractivity contribution in [2.75, 3.05) is 20.3 Å².